The highest BCUT2D eigenvalue weighted by Crippen LogP contribution is 2.20. The molecule has 0 aliphatic rings. The summed E-state index contributed by atoms with van der Waals surface area (Å²) in [7, 11) is 0. The summed E-state index contributed by atoms with van der Waals surface area (Å²) >= 11 is 0. The Balaban J connectivity index is 2.69. The molecule has 0 saturated carbocycles. The smallest absolute Gasteiger partial charge is 0.219 e. The molecule has 1 rings (SSSR count). The van der Waals surface area contributed by atoms with Crippen molar-refractivity contribution in [1.29, 1.82) is 0 Å². The van der Waals surface area contributed by atoms with Gasteiger partial charge in [0.2, 0.25) is 5.91 Å². The van der Waals surface area contributed by atoms with Gasteiger partial charge in [-0.3, -0.25) is 5.32 Å². The summed E-state index contributed by atoms with van der Waals surface area (Å²) in [5.41, 5.74) is 1.83. The molecule has 0 bridgehead atoms. The zero-order valence-corrected chi connectivity index (χ0v) is 10.4. The number of unbranched alkanes of at least 4 members (excludes halogenated alkanes) is 1. The number of nitrogens with one attached hydrogen (secondary N) is 1. The van der Waals surface area contributed by atoms with Crippen molar-refractivity contribution in [3.8, 4) is 5.75 Å². The van der Waals surface area contributed by atoms with Crippen LogP contribution < -0.4 is 5.32 Å². The van der Waals surface area contributed by atoms with Crippen molar-refractivity contribution < 1.29 is 15.3 Å². The SMILES string of the molecule is CCCCc1ccc(O)c(CNC(C)(O)O)c1. The molecular weight excluding hydrogens is 218 g/mol. The summed E-state index contributed by atoms with van der Waals surface area (Å²) < 4.78 is 0. The minimum absolute atomic E-state index is 0.169. The number of aromatic hydroxyl groups is 1. The van der Waals surface area contributed by atoms with E-state index >= 15 is 0 Å². The molecule has 0 atom stereocenters. The molecule has 4 N–H and O–H groups in total. The number of benzene rings is 1. The van der Waals surface area contributed by atoms with E-state index in [9.17, 15) is 5.11 Å². The van der Waals surface area contributed by atoms with Crippen LogP contribution in [-0.2, 0) is 13.0 Å². The number of aryl methyl sites for hydroxylation is 1. The van der Waals surface area contributed by atoms with Gasteiger partial charge in [0, 0.05) is 19.0 Å². The number of rotatable bonds is 6. The molecule has 0 radical (unpaired) electrons. The Labute approximate surface area is 102 Å². The number of phenolic OH excluding ortho intramolecular Hbond substituents is 1. The molecule has 4 nitrogen and oxygen atoms in total. The van der Waals surface area contributed by atoms with E-state index in [0.29, 0.717) is 5.56 Å². The van der Waals surface area contributed by atoms with Crippen molar-refractivity contribution in [3.05, 3.63) is 29.3 Å². The molecule has 0 aromatic heterocycles. The molecule has 0 amide bonds. The molecule has 0 aliphatic heterocycles. The number of hydrogen-bond acceptors (Lipinski definition) is 4. The Morgan fingerprint density at radius 1 is 1.29 bits per heavy atom. The van der Waals surface area contributed by atoms with Gasteiger partial charge in [-0.25, -0.2) is 0 Å². The van der Waals surface area contributed by atoms with E-state index in [1.807, 2.05) is 12.1 Å². The first-order chi connectivity index (χ1) is 7.92. The van der Waals surface area contributed by atoms with Crippen molar-refractivity contribution in [3.63, 3.8) is 0 Å². The van der Waals surface area contributed by atoms with E-state index in [4.69, 9.17) is 10.2 Å². The molecule has 0 saturated heterocycles. The van der Waals surface area contributed by atoms with E-state index < -0.39 is 5.91 Å². The van der Waals surface area contributed by atoms with Gasteiger partial charge in [0.15, 0.2) is 0 Å². The van der Waals surface area contributed by atoms with Crippen LogP contribution >= 0.6 is 0 Å². The summed E-state index contributed by atoms with van der Waals surface area (Å²) in [6, 6.07) is 5.43. The maximum atomic E-state index is 9.65. The summed E-state index contributed by atoms with van der Waals surface area (Å²) in [4.78, 5) is 0. The predicted octanol–water partition coefficient (Wildman–Crippen LogP) is 1.48. The van der Waals surface area contributed by atoms with Gasteiger partial charge in [0.05, 0.1) is 0 Å². The van der Waals surface area contributed by atoms with Crippen molar-refractivity contribution in [2.75, 3.05) is 0 Å². The maximum absolute atomic E-state index is 9.65. The lowest BCUT2D eigenvalue weighted by molar-refractivity contribution is -0.170. The minimum atomic E-state index is -1.92. The van der Waals surface area contributed by atoms with Gasteiger partial charge in [0.1, 0.15) is 5.75 Å². The van der Waals surface area contributed by atoms with Crippen LogP contribution in [0.5, 0.6) is 5.75 Å². The van der Waals surface area contributed by atoms with E-state index in [1.165, 1.54) is 6.92 Å². The monoisotopic (exact) mass is 239 g/mol. The standard InChI is InChI=1S/C13H21NO3/c1-3-4-5-10-6-7-12(15)11(8-10)9-14-13(2,16)17/h6-8,14-17H,3-5,9H2,1-2H3. The van der Waals surface area contributed by atoms with Gasteiger partial charge in [-0.2, -0.15) is 0 Å². The van der Waals surface area contributed by atoms with E-state index in [1.54, 1.807) is 6.07 Å². The quantitative estimate of drug-likeness (QED) is 0.567. The van der Waals surface area contributed by atoms with Crippen LogP contribution in [0.4, 0.5) is 0 Å². The predicted molar refractivity (Wildman–Crippen MR) is 66.4 cm³/mol. The zero-order chi connectivity index (χ0) is 12.9. The normalized spacial score (nSPS) is 11.8. The van der Waals surface area contributed by atoms with Gasteiger partial charge >= 0.3 is 0 Å². The summed E-state index contributed by atoms with van der Waals surface area (Å²) in [6.07, 6.45) is 3.20. The molecule has 1 aromatic carbocycles. The Hall–Kier alpha value is -1.10. The highest BCUT2D eigenvalue weighted by atomic mass is 16.5. The van der Waals surface area contributed by atoms with Crippen LogP contribution in [0.3, 0.4) is 0 Å². The number of aliphatic hydroxyl groups is 2. The van der Waals surface area contributed by atoms with Crippen LogP contribution in [0.25, 0.3) is 0 Å². The largest absolute Gasteiger partial charge is 0.508 e. The molecular formula is C13H21NO3. The Morgan fingerprint density at radius 3 is 2.59 bits per heavy atom. The second kappa shape index (κ2) is 6.00. The summed E-state index contributed by atoms with van der Waals surface area (Å²) in [6.45, 7) is 3.59. The number of phenols is 1. The van der Waals surface area contributed by atoms with Crippen molar-refractivity contribution >= 4 is 0 Å². The zero-order valence-electron chi connectivity index (χ0n) is 10.4. The van der Waals surface area contributed by atoms with Crippen LogP contribution in [0.2, 0.25) is 0 Å². The third-order valence-electron chi connectivity index (χ3n) is 2.58. The number of hydrogen-bond donors (Lipinski definition) is 4. The fourth-order valence-corrected chi connectivity index (χ4v) is 1.58. The Bertz CT molecular complexity index is 358. The van der Waals surface area contributed by atoms with Crippen LogP contribution in [0, 0.1) is 0 Å². The lowest BCUT2D eigenvalue weighted by Crippen LogP contribution is -2.41. The van der Waals surface area contributed by atoms with Crippen molar-refractivity contribution in [2.24, 2.45) is 0 Å². The first-order valence-corrected chi connectivity index (χ1v) is 5.93. The van der Waals surface area contributed by atoms with E-state index in [-0.39, 0.29) is 12.3 Å². The average molecular weight is 239 g/mol. The minimum Gasteiger partial charge on any atom is -0.508 e. The molecule has 0 heterocycles. The third-order valence-corrected chi connectivity index (χ3v) is 2.58. The molecule has 0 fully saturated rings. The van der Waals surface area contributed by atoms with Gasteiger partial charge in [-0.1, -0.05) is 25.5 Å². The molecule has 4 heteroatoms. The van der Waals surface area contributed by atoms with Crippen molar-refractivity contribution in [1.82, 2.24) is 5.32 Å². The molecule has 1 aromatic rings. The molecule has 0 unspecified atom stereocenters. The highest BCUT2D eigenvalue weighted by Gasteiger charge is 2.14. The van der Waals surface area contributed by atoms with Crippen LogP contribution in [0.15, 0.2) is 18.2 Å². The van der Waals surface area contributed by atoms with Gasteiger partial charge in [0.25, 0.3) is 0 Å². The Morgan fingerprint density at radius 2 is 2.00 bits per heavy atom. The van der Waals surface area contributed by atoms with Gasteiger partial charge in [-0.05, 0) is 24.5 Å². The lowest BCUT2D eigenvalue weighted by atomic mass is 10.0. The fourth-order valence-electron chi connectivity index (χ4n) is 1.58. The second-order valence-electron chi connectivity index (χ2n) is 4.44. The summed E-state index contributed by atoms with van der Waals surface area (Å²) in [5.74, 6) is -1.76. The second-order valence-corrected chi connectivity index (χ2v) is 4.44. The molecule has 17 heavy (non-hydrogen) atoms. The first kappa shape index (κ1) is 14.0. The van der Waals surface area contributed by atoms with E-state index in [2.05, 4.69) is 12.2 Å². The first-order valence-electron chi connectivity index (χ1n) is 5.93. The maximum Gasteiger partial charge on any atom is 0.219 e. The van der Waals surface area contributed by atoms with Gasteiger partial charge < -0.3 is 15.3 Å². The fraction of sp³-hybridized carbons (Fsp3) is 0.538. The molecule has 0 aliphatic carbocycles. The highest BCUT2D eigenvalue weighted by molar-refractivity contribution is 5.36. The topological polar surface area (TPSA) is 72.7 Å². The third kappa shape index (κ3) is 5.17. The lowest BCUT2D eigenvalue weighted by Gasteiger charge is -2.18. The van der Waals surface area contributed by atoms with Crippen molar-refractivity contribution in [2.45, 2.75) is 45.6 Å². The Kier molecular flexibility index (Phi) is 4.93. The van der Waals surface area contributed by atoms with Crippen LogP contribution in [0.1, 0.15) is 37.8 Å². The average Bonchev–Trinajstić information content (AvgIpc) is 2.25. The molecule has 0 spiro atoms. The van der Waals surface area contributed by atoms with Crippen LogP contribution in [-0.4, -0.2) is 21.2 Å². The van der Waals surface area contributed by atoms with Gasteiger partial charge in [-0.15, -0.1) is 0 Å². The van der Waals surface area contributed by atoms with E-state index in [0.717, 1.165) is 24.8 Å². The summed E-state index contributed by atoms with van der Waals surface area (Å²) in [5, 5.41) is 30.5. The molecule has 96 valence electrons.